The lowest BCUT2D eigenvalue weighted by Gasteiger charge is -2.48. The number of aromatic nitrogens is 2. The number of aliphatic hydroxyl groups excluding tert-OH is 1. The molecule has 1 spiro atoms. The first kappa shape index (κ1) is 24.1. The van der Waals surface area contributed by atoms with Crippen molar-refractivity contribution in [3.63, 3.8) is 0 Å². The summed E-state index contributed by atoms with van der Waals surface area (Å²) in [5.74, 6) is 1.39. The molecular weight excluding hydrogens is 438 g/mol. The van der Waals surface area contributed by atoms with Gasteiger partial charge >= 0.3 is 0 Å². The molecule has 33 heavy (non-hydrogen) atoms. The number of fused-ring (bicyclic) bond motifs is 1. The Morgan fingerprint density at radius 2 is 1.82 bits per heavy atom. The first-order valence-electron chi connectivity index (χ1n) is 11.8. The lowest BCUT2D eigenvalue weighted by atomic mass is 9.81. The summed E-state index contributed by atoms with van der Waals surface area (Å²) >= 11 is 0. The van der Waals surface area contributed by atoms with E-state index in [4.69, 9.17) is 9.84 Å². The zero-order chi connectivity index (χ0) is 23.7. The van der Waals surface area contributed by atoms with Gasteiger partial charge in [-0.15, -0.1) is 0 Å². The summed E-state index contributed by atoms with van der Waals surface area (Å²) in [6.45, 7) is 8.81. The van der Waals surface area contributed by atoms with Gasteiger partial charge in [0.05, 0.1) is 11.5 Å². The molecule has 1 saturated heterocycles. The second-order valence-electron chi connectivity index (χ2n) is 10.3. The summed E-state index contributed by atoms with van der Waals surface area (Å²) < 4.78 is 30.7. The second-order valence-corrected chi connectivity index (χ2v) is 12.5. The number of piperidine rings is 1. The van der Waals surface area contributed by atoms with Crippen LogP contribution in [0.15, 0.2) is 30.6 Å². The van der Waals surface area contributed by atoms with Crippen molar-refractivity contribution in [3.8, 4) is 17.1 Å². The van der Waals surface area contributed by atoms with Crippen LogP contribution in [-0.4, -0.2) is 65.0 Å². The molecule has 4 rings (SSSR count). The van der Waals surface area contributed by atoms with E-state index in [1.165, 1.54) is 5.56 Å². The van der Waals surface area contributed by atoms with Crippen molar-refractivity contribution in [2.45, 2.75) is 69.8 Å². The van der Waals surface area contributed by atoms with Crippen LogP contribution >= 0.6 is 0 Å². The van der Waals surface area contributed by atoms with Crippen molar-refractivity contribution >= 4 is 9.84 Å². The first-order chi connectivity index (χ1) is 15.6. The van der Waals surface area contributed by atoms with E-state index in [9.17, 15) is 8.42 Å². The normalized spacial score (nSPS) is 18.7. The fourth-order valence-electron chi connectivity index (χ4n) is 4.79. The Balaban J connectivity index is 1.43. The van der Waals surface area contributed by atoms with E-state index in [0.717, 1.165) is 50.1 Å². The standard InChI is InChI=1S/C25H35N3O4S/c1-24(2,3)28-11-9-25(10-12-28)8-7-20-15-21(5-6-22(20)32-25)23-26-16-19(17-27-23)18-33(30,31)14-4-13-29/h5-6,15-17,29H,4,7-14,18H2,1-3H3. The zero-order valence-corrected chi connectivity index (χ0v) is 20.7. The molecule has 1 aromatic carbocycles. The third-order valence-corrected chi connectivity index (χ3v) is 8.51. The molecule has 2 aliphatic rings. The molecule has 1 N–H and O–H groups in total. The van der Waals surface area contributed by atoms with Crippen LogP contribution in [0.5, 0.6) is 5.75 Å². The lowest BCUT2D eigenvalue weighted by molar-refractivity contribution is -0.0355. The molecule has 1 fully saturated rings. The molecule has 8 heteroatoms. The van der Waals surface area contributed by atoms with Crippen LogP contribution < -0.4 is 4.74 Å². The Kier molecular flexibility index (Phi) is 6.80. The number of aliphatic hydroxyl groups is 1. The smallest absolute Gasteiger partial charge is 0.159 e. The van der Waals surface area contributed by atoms with Gasteiger partial charge in [-0.2, -0.15) is 0 Å². The third kappa shape index (κ3) is 5.73. The highest BCUT2D eigenvalue weighted by Gasteiger charge is 2.41. The number of nitrogens with zero attached hydrogens (tertiary/aromatic N) is 3. The number of ether oxygens (including phenoxy) is 1. The quantitative estimate of drug-likeness (QED) is 0.687. The van der Waals surface area contributed by atoms with Crippen molar-refractivity contribution < 1.29 is 18.3 Å². The minimum atomic E-state index is -3.27. The highest BCUT2D eigenvalue weighted by atomic mass is 32.2. The Hall–Kier alpha value is -2.03. The SMILES string of the molecule is CC(C)(C)N1CCC2(CCc3cc(-c4ncc(CS(=O)(=O)CCCO)cn4)ccc3O2)CC1. The Morgan fingerprint density at radius 1 is 1.12 bits per heavy atom. The number of likely N-dealkylation sites (tertiary alicyclic amines) is 1. The number of hydrogen-bond acceptors (Lipinski definition) is 7. The number of benzene rings is 1. The molecule has 0 saturated carbocycles. The third-order valence-electron chi connectivity index (χ3n) is 6.82. The molecule has 1 aromatic heterocycles. The van der Waals surface area contributed by atoms with Gasteiger partial charge in [0.2, 0.25) is 0 Å². The Bertz CT molecular complexity index is 1070. The summed E-state index contributed by atoms with van der Waals surface area (Å²) in [5, 5.41) is 8.85. The van der Waals surface area contributed by atoms with Crippen LogP contribution in [-0.2, 0) is 22.0 Å². The van der Waals surface area contributed by atoms with E-state index in [-0.39, 0.29) is 35.7 Å². The van der Waals surface area contributed by atoms with Crippen LogP contribution in [0.4, 0.5) is 0 Å². The Morgan fingerprint density at radius 3 is 2.45 bits per heavy atom. The van der Waals surface area contributed by atoms with Crippen LogP contribution in [0.1, 0.15) is 57.6 Å². The molecule has 180 valence electrons. The molecule has 2 aliphatic heterocycles. The van der Waals surface area contributed by atoms with Gasteiger partial charge in [0.15, 0.2) is 15.7 Å². The van der Waals surface area contributed by atoms with Crippen LogP contribution in [0.2, 0.25) is 0 Å². The highest BCUT2D eigenvalue weighted by molar-refractivity contribution is 7.90. The van der Waals surface area contributed by atoms with Crippen LogP contribution in [0, 0.1) is 0 Å². The molecule has 3 heterocycles. The number of sulfone groups is 1. The topological polar surface area (TPSA) is 92.6 Å². The number of rotatable bonds is 6. The number of aryl methyl sites for hydroxylation is 1. The van der Waals surface area contributed by atoms with Gasteiger partial charge in [0.1, 0.15) is 11.4 Å². The molecule has 2 aromatic rings. The van der Waals surface area contributed by atoms with Crippen molar-refractivity contribution in [2.24, 2.45) is 0 Å². The van der Waals surface area contributed by atoms with E-state index in [1.54, 1.807) is 12.4 Å². The summed E-state index contributed by atoms with van der Waals surface area (Å²) in [4.78, 5) is 11.4. The second kappa shape index (κ2) is 9.31. The summed E-state index contributed by atoms with van der Waals surface area (Å²) in [6.07, 6.45) is 7.50. The predicted molar refractivity (Wildman–Crippen MR) is 129 cm³/mol. The summed E-state index contributed by atoms with van der Waals surface area (Å²) in [7, 11) is -3.27. The van der Waals surface area contributed by atoms with Gasteiger partial charge in [-0.25, -0.2) is 18.4 Å². The van der Waals surface area contributed by atoms with Gasteiger partial charge in [-0.1, -0.05) is 0 Å². The van der Waals surface area contributed by atoms with Crippen LogP contribution in [0.25, 0.3) is 11.4 Å². The fraction of sp³-hybridized carbons (Fsp3) is 0.600. The Labute approximate surface area is 197 Å². The molecule has 0 radical (unpaired) electrons. The summed E-state index contributed by atoms with van der Waals surface area (Å²) in [6, 6.07) is 6.10. The van der Waals surface area contributed by atoms with Crippen molar-refractivity contribution in [1.82, 2.24) is 14.9 Å². The molecule has 0 atom stereocenters. The van der Waals surface area contributed by atoms with E-state index < -0.39 is 9.84 Å². The van der Waals surface area contributed by atoms with Crippen molar-refractivity contribution in [3.05, 3.63) is 41.7 Å². The van der Waals surface area contributed by atoms with Crippen molar-refractivity contribution in [2.75, 3.05) is 25.4 Å². The molecular formula is C25H35N3O4S. The molecule has 0 unspecified atom stereocenters. The minimum absolute atomic E-state index is 0.0359. The van der Waals surface area contributed by atoms with Gasteiger partial charge in [-0.3, -0.25) is 4.90 Å². The minimum Gasteiger partial charge on any atom is -0.487 e. The monoisotopic (exact) mass is 473 g/mol. The molecule has 0 amide bonds. The highest BCUT2D eigenvalue weighted by Crippen LogP contribution is 2.41. The van der Waals surface area contributed by atoms with Gasteiger partial charge in [0.25, 0.3) is 0 Å². The summed E-state index contributed by atoms with van der Waals surface area (Å²) in [5.41, 5.74) is 2.78. The predicted octanol–water partition coefficient (Wildman–Crippen LogP) is 3.40. The molecule has 0 bridgehead atoms. The number of hydrogen-bond donors (Lipinski definition) is 1. The maximum Gasteiger partial charge on any atom is 0.159 e. The zero-order valence-electron chi connectivity index (χ0n) is 19.9. The van der Waals surface area contributed by atoms with E-state index in [0.29, 0.717) is 11.4 Å². The lowest BCUT2D eigenvalue weighted by Crippen LogP contribution is -2.54. The van der Waals surface area contributed by atoms with E-state index in [2.05, 4.69) is 41.7 Å². The average Bonchev–Trinajstić information content (AvgIpc) is 2.77. The molecule has 7 nitrogen and oxygen atoms in total. The van der Waals surface area contributed by atoms with Crippen molar-refractivity contribution in [1.29, 1.82) is 0 Å². The fourth-order valence-corrected chi connectivity index (χ4v) is 6.16. The maximum atomic E-state index is 12.1. The van der Waals surface area contributed by atoms with Gasteiger partial charge < -0.3 is 9.84 Å². The van der Waals surface area contributed by atoms with Gasteiger partial charge in [0, 0.05) is 48.8 Å². The van der Waals surface area contributed by atoms with E-state index >= 15 is 0 Å². The first-order valence-corrected chi connectivity index (χ1v) is 13.6. The maximum absolute atomic E-state index is 12.1. The van der Waals surface area contributed by atoms with E-state index in [1.807, 2.05) is 12.1 Å². The molecule has 0 aliphatic carbocycles. The van der Waals surface area contributed by atoms with Gasteiger partial charge in [-0.05, 0) is 76.6 Å². The largest absolute Gasteiger partial charge is 0.487 e. The van der Waals surface area contributed by atoms with Crippen LogP contribution in [0.3, 0.4) is 0 Å². The average molecular weight is 474 g/mol.